The zero-order valence-electron chi connectivity index (χ0n) is 8.20. The molecule has 6 heteroatoms. The number of nitro groups is 1. The molecule has 0 fully saturated rings. The Morgan fingerprint density at radius 1 is 1.60 bits per heavy atom. The molecule has 0 aliphatic carbocycles. The van der Waals surface area contributed by atoms with Crippen molar-refractivity contribution in [2.75, 3.05) is 23.9 Å². The molecule has 0 aromatic heterocycles. The Bertz CT molecular complexity index is 360. The number of nitrogens with zero attached hydrogens (tertiary/aromatic N) is 1. The van der Waals surface area contributed by atoms with Gasteiger partial charge in [0.25, 0.3) is 5.69 Å². The van der Waals surface area contributed by atoms with Crippen LogP contribution in [0.4, 0.5) is 11.4 Å². The summed E-state index contributed by atoms with van der Waals surface area (Å²) in [5, 5.41) is 14.1. The third kappa shape index (κ3) is 3.28. The van der Waals surface area contributed by atoms with Crippen molar-refractivity contribution in [2.24, 2.45) is 0 Å². The average Bonchev–Trinajstić information content (AvgIpc) is 2.20. The van der Waals surface area contributed by atoms with E-state index in [-0.39, 0.29) is 5.69 Å². The summed E-state index contributed by atoms with van der Waals surface area (Å²) < 4.78 is 0. The number of rotatable bonds is 5. The maximum Gasteiger partial charge on any atom is 0.293 e. The summed E-state index contributed by atoms with van der Waals surface area (Å²) in [6.45, 7) is 0.658. The number of hydrogen-bond acceptors (Lipinski definition) is 4. The van der Waals surface area contributed by atoms with Crippen LogP contribution in [0.25, 0.3) is 0 Å². The topological polar surface area (TPSA) is 55.2 Å². The van der Waals surface area contributed by atoms with Crippen LogP contribution in [0, 0.1) is 10.1 Å². The van der Waals surface area contributed by atoms with Crippen LogP contribution in [0.15, 0.2) is 18.2 Å². The zero-order chi connectivity index (χ0) is 11.3. The Kier molecular flexibility index (Phi) is 4.71. The van der Waals surface area contributed by atoms with Gasteiger partial charge in [0.1, 0.15) is 5.69 Å². The molecule has 1 rings (SSSR count). The lowest BCUT2D eigenvalue weighted by Gasteiger charge is -2.07. The van der Waals surface area contributed by atoms with E-state index in [1.807, 2.05) is 6.26 Å². The molecule has 0 saturated heterocycles. The predicted octanol–water partition coefficient (Wildman–Crippen LogP) is 3.02. The van der Waals surface area contributed by atoms with Crippen molar-refractivity contribution in [3.63, 3.8) is 0 Å². The van der Waals surface area contributed by atoms with Crippen molar-refractivity contribution < 1.29 is 4.92 Å². The molecular formula is C9H11ClN2O2S. The minimum atomic E-state index is -0.437. The maximum absolute atomic E-state index is 10.7. The van der Waals surface area contributed by atoms with Gasteiger partial charge in [-0.05, 0) is 12.3 Å². The van der Waals surface area contributed by atoms with E-state index in [1.165, 1.54) is 6.07 Å². The third-order valence-electron chi connectivity index (χ3n) is 1.80. The van der Waals surface area contributed by atoms with Crippen molar-refractivity contribution in [3.05, 3.63) is 33.3 Å². The fourth-order valence-electron chi connectivity index (χ4n) is 1.12. The van der Waals surface area contributed by atoms with E-state index in [1.54, 1.807) is 23.9 Å². The lowest BCUT2D eigenvalue weighted by atomic mass is 10.2. The molecule has 1 aromatic carbocycles. The zero-order valence-corrected chi connectivity index (χ0v) is 9.77. The van der Waals surface area contributed by atoms with E-state index >= 15 is 0 Å². The summed E-state index contributed by atoms with van der Waals surface area (Å²) in [7, 11) is 0. The summed E-state index contributed by atoms with van der Waals surface area (Å²) in [4.78, 5) is 10.3. The second-order valence-electron chi connectivity index (χ2n) is 2.81. The van der Waals surface area contributed by atoms with Gasteiger partial charge in [-0.1, -0.05) is 17.7 Å². The molecule has 15 heavy (non-hydrogen) atoms. The van der Waals surface area contributed by atoms with Crippen LogP contribution in [-0.2, 0) is 0 Å². The number of anilines is 1. The fraction of sp³-hybridized carbons (Fsp3) is 0.333. The Morgan fingerprint density at radius 2 is 2.33 bits per heavy atom. The minimum Gasteiger partial charge on any atom is -0.377 e. The minimum absolute atomic E-state index is 0.0172. The van der Waals surface area contributed by atoms with E-state index in [0.29, 0.717) is 17.3 Å². The second kappa shape index (κ2) is 5.82. The third-order valence-corrected chi connectivity index (χ3v) is 2.72. The van der Waals surface area contributed by atoms with E-state index in [0.717, 1.165) is 5.75 Å². The first-order valence-electron chi connectivity index (χ1n) is 4.32. The summed E-state index contributed by atoms with van der Waals surface area (Å²) in [6, 6.07) is 4.64. The Hall–Kier alpha value is -0.940. The van der Waals surface area contributed by atoms with Gasteiger partial charge in [-0.2, -0.15) is 11.8 Å². The van der Waals surface area contributed by atoms with Gasteiger partial charge in [-0.3, -0.25) is 10.1 Å². The number of halogens is 1. The standard InChI is InChI=1S/C9H11ClN2O2S/c1-15-6-5-11-9-7(10)3-2-4-8(9)12(13)14/h2-4,11H,5-6H2,1H3. The van der Waals surface area contributed by atoms with Crippen molar-refractivity contribution >= 4 is 34.7 Å². The van der Waals surface area contributed by atoms with E-state index < -0.39 is 4.92 Å². The number of nitrogens with one attached hydrogen (secondary N) is 1. The fourth-order valence-corrected chi connectivity index (χ4v) is 1.66. The lowest BCUT2D eigenvalue weighted by Crippen LogP contribution is -2.06. The molecule has 1 aromatic rings. The van der Waals surface area contributed by atoms with Gasteiger partial charge >= 0.3 is 0 Å². The normalized spacial score (nSPS) is 10.0. The Labute approximate surface area is 97.2 Å². The highest BCUT2D eigenvalue weighted by Crippen LogP contribution is 2.31. The monoisotopic (exact) mass is 246 g/mol. The van der Waals surface area contributed by atoms with Crippen LogP contribution in [0.5, 0.6) is 0 Å². The number of hydrogen-bond donors (Lipinski definition) is 1. The molecule has 0 aliphatic rings. The van der Waals surface area contributed by atoms with Gasteiger partial charge in [-0.25, -0.2) is 0 Å². The first kappa shape index (κ1) is 12.1. The number of thioether (sulfide) groups is 1. The van der Waals surface area contributed by atoms with Crippen molar-refractivity contribution in [1.29, 1.82) is 0 Å². The highest BCUT2D eigenvalue weighted by atomic mass is 35.5. The first-order chi connectivity index (χ1) is 7.16. The molecular weight excluding hydrogens is 236 g/mol. The molecule has 0 spiro atoms. The van der Waals surface area contributed by atoms with Gasteiger partial charge in [0, 0.05) is 18.4 Å². The molecule has 0 saturated carbocycles. The van der Waals surface area contributed by atoms with Crippen molar-refractivity contribution in [2.45, 2.75) is 0 Å². The molecule has 0 amide bonds. The van der Waals surface area contributed by atoms with Crippen LogP contribution in [0.3, 0.4) is 0 Å². The molecule has 4 nitrogen and oxygen atoms in total. The van der Waals surface area contributed by atoms with Crippen LogP contribution >= 0.6 is 23.4 Å². The highest BCUT2D eigenvalue weighted by molar-refractivity contribution is 7.98. The SMILES string of the molecule is CSCCNc1c(Cl)cccc1[N+](=O)[O-]. The van der Waals surface area contributed by atoms with Gasteiger partial charge < -0.3 is 5.32 Å². The second-order valence-corrected chi connectivity index (χ2v) is 4.20. The number of benzene rings is 1. The summed E-state index contributed by atoms with van der Waals surface area (Å²) in [5.74, 6) is 0.877. The largest absolute Gasteiger partial charge is 0.377 e. The van der Waals surface area contributed by atoms with Gasteiger partial charge in [0.05, 0.1) is 9.95 Å². The van der Waals surface area contributed by atoms with E-state index in [2.05, 4.69) is 5.32 Å². The van der Waals surface area contributed by atoms with Crippen LogP contribution in [0.1, 0.15) is 0 Å². The molecule has 0 bridgehead atoms. The smallest absolute Gasteiger partial charge is 0.293 e. The average molecular weight is 247 g/mol. The van der Waals surface area contributed by atoms with Gasteiger partial charge in [-0.15, -0.1) is 0 Å². The summed E-state index contributed by atoms with van der Waals surface area (Å²) >= 11 is 7.54. The van der Waals surface area contributed by atoms with Crippen LogP contribution in [0.2, 0.25) is 5.02 Å². The van der Waals surface area contributed by atoms with Gasteiger partial charge in [0.15, 0.2) is 0 Å². The first-order valence-corrected chi connectivity index (χ1v) is 6.09. The van der Waals surface area contributed by atoms with Crippen molar-refractivity contribution in [1.82, 2.24) is 0 Å². The van der Waals surface area contributed by atoms with E-state index in [9.17, 15) is 10.1 Å². The molecule has 0 unspecified atom stereocenters. The molecule has 0 atom stereocenters. The highest BCUT2D eigenvalue weighted by Gasteiger charge is 2.15. The maximum atomic E-state index is 10.7. The molecule has 0 heterocycles. The van der Waals surface area contributed by atoms with E-state index in [4.69, 9.17) is 11.6 Å². The molecule has 1 N–H and O–H groups in total. The molecule has 82 valence electrons. The van der Waals surface area contributed by atoms with Crippen LogP contribution < -0.4 is 5.32 Å². The number of para-hydroxylation sites is 1. The number of nitro benzene ring substituents is 1. The summed E-state index contributed by atoms with van der Waals surface area (Å²) in [5.41, 5.74) is 0.418. The Balaban J connectivity index is 2.87. The Morgan fingerprint density at radius 3 is 2.93 bits per heavy atom. The summed E-state index contributed by atoms with van der Waals surface area (Å²) in [6.07, 6.45) is 1.97. The molecule has 0 aliphatic heterocycles. The predicted molar refractivity (Wildman–Crippen MR) is 65.0 cm³/mol. The quantitative estimate of drug-likeness (QED) is 0.493. The lowest BCUT2D eigenvalue weighted by molar-refractivity contribution is -0.383. The van der Waals surface area contributed by atoms with Gasteiger partial charge in [0.2, 0.25) is 0 Å². The van der Waals surface area contributed by atoms with Crippen molar-refractivity contribution in [3.8, 4) is 0 Å². The van der Waals surface area contributed by atoms with Crippen LogP contribution in [-0.4, -0.2) is 23.5 Å². The molecule has 0 radical (unpaired) electrons.